The quantitative estimate of drug-likeness (QED) is 0.811. The Morgan fingerprint density at radius 1 is 1.35 bits per heavy atom. The third-order valence-electron chi connectivity index (χ3n) is 4.72. The van der Waals surface area contributed by atoms with Crippen molar-refractivity contribution in [2.24, 2.45) is 0 Å². The van der Waals surface area contributed by atoms with Gasteiger partial charge in [-0.15, -0.1) is 0 Å². The lowest BCUT2D eigenvalue weighted by Gasteiger charge is -2.18. The van der Waals surface area contributed by atoms with E-state index < -0.39 is 5.97 Å². The Bertz CT molecular complexity index is 700. The van der Waals surface area contributed by atoms with Crippen LogP contribution in [0.15, 0.2) is 18.2 Å². The van der Waals surface area contributed by atoms with E-state index in [1.807, 2.05) is 6.07 Å². The standard InChI is InChI=1S/C18H25N3O2/c1-3-20(4-2)10-5-11-21-16-9-8-14(18(22)23)12-15(16)19-17(21)13-6-7-13/h8-9,12-13H,3-7,10-11H2,1-2H3,(H,22,23). The van der Waals surface area contributed by atoms with Gasteiger partial charge in [0.25, 0.3) is 0 Å². The van der Waals surface area contributed by atoms with Gasteiger partial charge in [0.05, 0.1) is 16.6 Å². The molecule has 0 aliphatic heterocycles. The van der Waals surface area contributed by atoms with Crippen LogP contribution in [-0.4, -0.2) is 45.2 Å². The number of aromatic carboxylic acids is 1. The third kappa shape index (κ3) is 3.39. The lowest BCUT2D eigenvalue weighted by atomic mass is 10.2. The molecule has 0 atom stereocenters. The molecule has 3 rings (SSSR count). The summed E-state index contributed by atoms with van der Waals surface area (Å²) in [6, 6.07) is 5.30. The van der Waals surface area contributed by atoms with Gasteiger partial charge in [0.1, 0.15) is 5.82 Å². The summed E-state index contributed by atoms with van der Waals surface area (Å²) in [4.78, 5) is 18.3. The van der Waals surface area contributed by atoms with Crippen LogP contribution in [0.2, 0.25) is 0 Å². The summed E-state index contributed by atoms with van der Waals surface area (Å²) in [6.07, 6.45) is 3.49. The molecule has 0 radical (unpaired) electrons. The maximum atomic E-state index is 11.2. The van der Waals surface area contributed by atoms with Gasteiger partial charge in [-0.3, -0.25) is 0 Å². The molecule has 5 nitrogen and oxygen atoms in total. The molecule has 1 aliphatic carbocycles. The second-order valence-electron chi connectivity index (χ2n) is 6.28. The molecule has 124 valence electrons. The van der Waals surface area contributed by atoms with E-state index in [4.69, 9.17) is 10.1 Å². The fourth-order valence-corrected chi connectivity index (χ4v) is 3.16. The van der Waals surface area contributed by atoms with Gasteiger partial charge in [0, 0.05) is 12.5 Å². The van der Waals surface area contributed by atoms with E-state index >= 15 is 0 Å². The Morgan fingerprint density at radius 3 is 2.70 bits per heavy atom. The Labute approximate surface area is 136 Å². The molecule has 1 heterocycles. The number of imidazole rings is 1. The largest absolute Gasteiger partial charge is 0.478 e. The van der Waals surface area contributed by atoms with Crippen LogP contribution in [0, 0.1) is 0 Å². The maximum Gasteiger partial charge on any atom is 0.335 e. The van der Waals surface area contributed by atoms with Crippen molar-refractivity contribution in [1.29, 1.82) is 0 Å². The number of carboxylic acid groups (broad SMARTS) is 1. The van der Waals surface area contributed by atoms with Crippen LogP contribution >= 0.6 is 0 Å². The van der Waals surface area contributed by atoms with Gasteiger partial charge in [-0.2, -0.15) is 0 Å². The Morgan fingerprint density at radius 2 is 2.09 bits per heavy atom. The number of fused-ring (bicyclic) bond motifs is 1. The van der Waals surface area contributed by atoms with Crippen molar-refractivity contribution in [2.45, 2.75) is 45.6 Å². The van der Waals surface area contributed by atoms with Crippen molar-refractivity contribution < 1.29 is 9.90 Å². The number of aryl methyl sites for hydroxylation is 1. The number of nitrogens with zero attached hydrogens (tertiary/aromatic N) is 3. The molecule has 0 unspecified atom stereocenters. The minimum Gasteiger partial charge on any atom is -0.478 e. The molecule has 5 heteroatoms. The van der Waals surface area contributed by atoms with E-state index in [0.29, 0.717) is 11.5 Å². The fourth-order valence-electron chi connectivity index (χ4n) is 3.16. The summed E-state index contributed by atoms with van der Waals surface area (Å²) >= 11 is 0. The molecule has 0 amide bonds. The van der Waals surface area contributed by atoms with Gasteiger partial charge in [0.2, 0.25) is 0 Å². The summed E-state index contributed by atoms with van der Waals surface area (Å²) in [5, 5.41) is 9.16. The minimum atomic E-state index is -0.893. The van der Waals surface area contributed by atoms with Crippen LogP contribution in [0.3, 0.4) is 0 Å². The lowest BCUT2D eigenvalue weighted by molar-refractivity contribution is 0.0697. The number of hydrogen-bond acceptors (Lipinski definition) is 3. The van der Waals surface area contributed by atoms with Crippen LogP contribution in [0.5, 0.6) is 0 Å². The van der Waals surface area contributed by atoms with Gasteiger partial charge in [-0.05, 0) is 57.1 Å². The second-order valence-corrected chi connectivity index (χ2v) is 6.28. The lowest BCUT2D eigenvalue weighted by Crippen LogP contribution is -2.25. The van der Waals surface area contributed by atoms with Gasteiger partial charge in [0.15, 0.2) is 0 Å². The zero-order chi connectivity index (χ0) is 16.4. The summed E-state index contributed by atoms with van der Waals surface area (Å²) < 4.78 is 2.31. The maximum absolute atomic E-state index is 11.2. The molecule has 23 heavy (non-hydrogen) atoms. The molecule has 1 saturated carbocycles. The van der Waals surface area contributed by atoms with Crippen molar-refractivity contribution in [3.63, 3.8) is 0 Å². The zero-order valence-electron chi connectivity index (χ0n) is 14.0. The van der Waals surface area contributed by atoms with Crippen molar-refractivity contribution in [3.05, 3.63) is 29.6 Å². The molecule has 1 aromatic heterocycles. The smallest absolute Gasteiger partial charge is 0.335 e. The molecule has 0 spiro atoms. The van der Waals surface area contributed by atoms with Gasteiger partial charge in [-0.25, -0.2) is 9.78 Å². The van der Waals surface area contributed by atoms with Crippen molar-refractivity contribution in [1.82, 2.24) is 14.5 Å². The van der Waals surface area contributed by atoms with Gasteiger partial charge >= 0.3 is 5.97 Å². The molecule has 1 N–H and O–H groups in total. The first-order valence-corrected chi connectivity index (χ1v) is 8.59. The van der Waals surface area contributed by atoms with E-state index in [1.165, 1.54) is 12.8 Å². The van der Waals surface area contributed by atoms with E-state index in [9.17, 15) is 4.79 Å². The number of carboxylic acids is 1. The Kier molecular flexibility index (Phi) is 4.66. The summed E-state index contributed by atoms with van der Waals surface area (Å²) in [5.74, 6) is 0.808. The number of aromatic nitrogens is 2. The fraction of sp³-hybridized carbons (Fsp3) is 0.556. The van der Waals surface area contributed by atoms with E-state index in [0.717, 1.165) is 49.5 Å². The summed E-state index contributed by atoms with van der Waals surface area (Å²) in [6.45, 7) is 8.59. The number of benzene rings is 1. The Hall–Kier alpha value is -1.88. The predicted octanol–water partition coefficient (Wildman–Crippen LogP) is 3.34. The first-order chi connectivity index (χ1) is 11.1. The summed E-state index contributed by atoms with van der Waals surface area (Å²) in [5.41, 5.74) is 2.19. The molecule has 0 saturated heterocycles. The van der Waals surface area contributed by atoms with E-state index in [2.05, 4.69) is 23.3 Å². The van der Waals surface area contributed by atoms with Gasteiger partial charge < -0.3 is 14.6 Å². The molecule has 1 fully saturated rings. The first-order valence-electron chi connectivity index (χ1n) is 8.59. The van der Waals surface area contributed by atoms with E-state index in [1.54, 1.807) is 12.1 Å². The summed E-state index contributed by atoms with van der Waals surface area (Å²) in [7, 11) is 0. The van der Waals surface area contributed by atoms with Crippen molar-refractivity contribution >= 4 is 17.0 Å². The Balaban J connectivity index is 1.85. The monoisotopic (exact) mass is 315 g/mol. The highest BCUT2D eigenvalue weighted by Gasteiger charge is 2.29. The van der Waals surface area contributed by atoms with Crippen LogP contribution in [0.25, 0.3) is 11.0 Å². The normalized spacial score (nSPS) is 14.7. The van der Waals surface area contributed by atoms with Crippen LogP contribution in [0.4, 0.5) is 0 Å². The average Bonchev–Trinajstić information content (AvgIpc) is 3.33. The average molecular weight is 315 g/mol. The van der Waals surface area contributed by atoms with E-state index in [-0.39, 0.29) is 0 Å². The van der Waals surface area contributed by atoms with Crippen LogP contribution in [-0.2, 0) is 6.54 Å². The molecule has 0 bridgehead atoms. The van der Waals surface area contributed by atoms with Gasteiger partial charge in [-0.1, -0.05) is 13.8 Å². The first kappa shape index (κ1) is 16.0. The van der Waals surface area contributed by atoms with Crippen LogP contribution in [0.1, 0.15) is 55.2 Å². The molecule has 1 aliphatic rings. The van der Waals surface area contributed by atoms with Crippen LogP contribution < -0.4 is 0 Å². The highest BCUT2D eigenvalue weighted by molar-refractivity contribution is 5.92. The number of carbonyl (C=O) groups is 1. The molecule has 1 aromatic carbocycles. The van der Waals surface area contributed by atoms with Crippen molar-refractivity contribution in [3.8, 4) is 0 Å². The zero-order valence-corrected chi connectivity index (χ0v) is 14.0. The highest BCUT2D eigenvalue weighted by Crippen LogP contribution is 2.40. The predicted molar refractivity (Wildman–Crippen MR) is 91.1 cm³/mol. The SMILES string of the molecule is CCN(CC)CCCn1c(C2CC2)nc2cc(C(=O)O)ccc21. The molecule has 2 aromatic rings. The topological polar surface area (TPSA) is 58.4 Å². The number of hydrogen-bond donors (Lipinski definition) is 1. The second kappa shape index (κ2) is 6.71. The molecular formula is C18H25N3O2. The number of rotatable bonds is 8. The minimum absolute atomic E-state index is 0.313. The third-order valence-corrected chi connectivity index (χ3v) is 4.72. The van der Waals surface area contributed by atoms with Crippen molar-refractivity contribution in [2.75, 3.05) is 19.6 Å². The molecular weight excluding hydrogens is 290 g/mol. The highest BCUT2D eigenvalue weighted by atomic mass is 16.4.